The van der Waals surface area contributed by atoms with Crippen molar-refractivity contribution in [1.29, 1.82) is 0 Å². The van der Waals surface area contributed by atoms with Gasteiger partial charge in [0.2, 0.25) is 0 Å². The summed E-state index contributed by atoms with van der Waals surface area (Å²) in [5.74, 6) is -2.28. The van der Waals surface area contributed by atoms with Crippen molar-refractivity contribution in [2.24, 2.45) is 0 Å². The Kier molecular flexibility index (Phi) is 9.98. The SMILES string of the molecule is C=CCl.CCC(C(=O)O)=C(CC)C(=O)O. The molecule has 0 aliphatic rings. The molecule has 0 aromatic rings. The van der Waals surface area contributed by atoms with Crippen LogP contribution in [0.15, 0.2) is 23.3 Å². The number of hydrogen-bond acceptors (Lipinski definition) is 2. The van der Waals surface area contributed by atoms with E-state index >= 15 is 0 Å². The minimum absolute atomic E-state index is 0.00926. The van der Waals surface area contributed by atoms with E-state index in [1.54, 1.807) is 13.8 Å². The molecule has 4 nitrogen and oxygen atoms in total. The van der Waals surface area contributed by atoms with Crippen LogP contribution in [-0.2, 0) is 9.59 Å². The molecule has 0 amide bonds. The van der Waals surface area contributed by atoms with Gasteiger partial charge in [0.15, 0.2) is 0 Å². The summed E-state index contributed by atoms with van der Waals surface area (Å²) in [7, 11) is 0. The van der Waals surface area contributed by atoms with Crippen molar-refractivity contribution in [3.8, 4) is 0 Å². The zero-order valence-electron chi connectivity index (χ0n) is 8.79. The lowest BCUT2D eigenvalue weighted by Gasteiger charge is -2.03. The Morgan fingerprint density at radius 1 is 1.13 bits per heavy atom. The first kappa shape index (κ1) is 16.2. The van der Waals surface area contributed by atoms with Crippen LogP contribution < -0.4 is 0 Å². The highest BCUT2D eigenvalue weighted by atomic mass is 35.5. The lowest BCUT2D eigenvalue weighted by atomic mass is 10.0. The van der Waals surface area contributed by atoms with Crippen LogP contribution in [0.5, 0.6) is 0 Å². The number of carboxylic acids is 2. The molecule has 2 N–H and O–H groups in total. The van der Waals surface area contributed by atoms with Gasteiger partial charge >= 0.3 is 11.9 Å². The molecule has 0 aromatic carbocycles. The summed E-state index contributed by atoms with van der Waals surface area (Å²) in [6, 6.07) is 0. The smallest absolute Gasteiger partial charge is 0.332 e. The summed E-state index contributed by atoms with van der Waals surface area (Å²) < 4.78 is 0. The van der Waals surface area contributed by atoms with Gasteiger partial charge in [0.25, 0.3) is 0 Å². The zero-order chi connectivity index (χ0) is 12.4. The molecule has 0 rings (SSSR count). The number of aliphatic carboxylic acids is 2. The molecule has 0 saturated heterocycles. The zero-order valence-corrected chi connectivity index (χ0v) is 9.54. The van der Waals surface area contributed by atoms with E-state index in [1.165, 1.54) is 5.54 Å². The second-order valence-corrected chi connectivity index (χ2v) is 2.74. The van der Waals surface area contributed by atoms with E-state index in [2.05, 4.69) is 6.58 Å². The second kappa shape index (κ2) is 9.27. The predicted molar refractivity (Wildman–Crippen MR) is 58.9 cm³/mol. The third kappa shape index (κ3) is 6.74. The van der Waals surface area contributed by atoms with Crippen molar-refractivity contribution < 1.29 is 19.8 Å². The summed E-state index contributed by atoms with van der Waals surface area (Å²) in [6.07, 6.45) is 0.482. The molecular formula is C10H15ClO4. The van der Waals surface area contributed by atoms with Crippen molar-refractivity contribution in [3.63, 3.8) is 0 Å². The Bertz CT molecular complexity index is 245. The lowest BCUT2D eigenvalue weighted by molar-refractivity contribution is -0.136. The molecule has 0 aliphatic heterocycles. The molecule has 0 radical (unpaired) electrons. The molecule has 0 heterocycles. The lowest BCUT2D eigenvalue weighted by Crippen LogP contribution is -2.10. The van der Waals surface area contributed by atoms with Crippen LogP contribution in [0.3, 0.4) is 0 Å². The normalized spacial score (nSPS) is 10.6. The number of halogens is 1. The molecular weight excluding hydrogens is 220 g/mol. The van der Waals surface area contributed by atoms with Gasteiger partial charge in [-0.3, -0.25) is 0 Å². The second-order valence-electron chi connectivity index (χ2n) is 2.43. The van der Waals surface area contributed by atoms with Crippen LogP contribution in [0.25, 0.3) is 0 Å². The Morgan fingerprint density at radius 3 is 1.40 bits per heavy atom. The van der Waals surface area contributed by atoms with Crippen LogP contribution in [-0.4, -0.2) is 22.2 Å². The van der Waals surface area contributed by atoms with Crippen LogP contribution in [0, 0.1) is 0 Å². The van der Waals surface area contributed by atoms with Crippen LogP contribution in [0.4, 0.5) is 0 Å². The van der Waals surface area contributed by atoms with Crippen molar-refractivity contribution >= 4 is 23.5 Å². The first-order valence-electron chi connectivity index (χ1n) is 4.35. The predicted octanol–water partition coefficient (Wildman–Crippen LogP) is 2.64. The van der Waals surface area contributed by atoms with E-state index in [0.717, 1.165) is 0 Å². The molecule has 0 spiro atoms. The van der Waals surface area contributed by atoms with E-state index in [9.17, 15) is 9.59 Å². The number of hydrogen-bond donors (Lipinski definition) is 2. The standard InChI is InChI=1S/C8H12O4.C2H3Cl/c1-3-5(7(9)10)6(4-2)8(11)12;1-2-3/h3-4H2,1-2H3,(H,9,10)(H,11,12);2H,1H2. The van der Waals surface area contributed by atoms with Gasteiger partial charge in [-0.1, -0.05) is 32.0 Å². The van der Waals surface area contributed by atoms with Crippen LogP contribution >= 0.6 is 11.6 Å². The highest BCUT2D eigenvalue weighted by Gasteiger charge is 2.16. The fourth-order valence-electron chi connectivity index (χ4n) is 0.987. The summed E-state index contributed by atoms with van der Waals surface area (Å²) in [4.78, 5) is 21.0. The third-order valence-corrected chi connectivity index (χ3v) is 1.59. The molecule has 0 unspecified atom stereocenters. The Morgan fingerprint density at radius 2 is 1.33 bits per heavy atom. The van der Waals surface area contributed by atoms with E-state index in [1.807, 2.05) is 0 Å². The first-order chi connectivity index (χ1) is 6.95. The molecule has 0 saturated carbocycles. The van der Waals surface area contributed by atoms with Gasteiger partial charge in [0, 0.05) is 11.1 Å². The monoisotopic (exact) mass is 234 g/mol. The summed E-state index contributed by atoms with van der Waals surface area (Å²) in [6.45, 7) is 6.38. The molecule has 5 heteroatoms. The third-order valence-electron chi connectivity index (χ3n) is 1.59. The van der Waals surface area contributed by atoms with Crippen molar-refractivity contribution in [3.05, 3.63) is 23.3 Å². The molecule has 0 fully saturated rings. The van der Waals surface area contributed by atoms with Crippen LogP contribution in [0.2, 0.25) is 0 Å². The molecule has 0 atom stereocenters. The van der Waals surface area contributed by atoms with E-state index in [0.29, 0.717) is 0 Å². The molecule has 0 aromatic heterocycles. The Balaban J connectivity index is 0. The fraction of sp³-hybridized carbons (Fsp3) is 0.400. The Hall–Kier alpha value is -1.29. The maximum absolute atomic E-state index is 10.5. The maximum Gasteiger partial charge on any atom is 0.332 e. The summed E-state index contributed by atoms with van der Waals surface area (Å²) >= 11 is 4.76. The average Bonchev–Trinajstić information content (AvgIpc) is 2.13. The average molecular weight is 235 g/mol. The van der Waals surface area contributed by atoms with Gasteiger partial charge in [0.05, 0.1) is 0 Å². The van der Waals surface area contributed by atoms with E-state index in [4.69, 9.17) is 21.8 Å². The number of carbonyl (C=O) groups is 2. The largest absolute Gasteiger partial charge is 0.478 e. The minimum Gasteiger partial charge on any atom is -0.478 e. The minimum atomic E-state index is -1.14. The maximum atomic E-state index is 10.5. The van der Waals surface area contributed by atoms with Gasteiger partial charge in [-0.2, -0.15) is 0 Å². The molecule has 0 aliphatic carbocycles. The topological polar surface area (TPSA) is 74.6 Å². The van der Waals surface area contributed by atoms with Gasteiger partial charge in [-0.25, -0.2) is 9.59 Å². The van der Waals surface area contributed by atoms with E-state index < -0.39 is 11.9 Å². The van der Waals surface area contributed by atoms with Gasteiger partial charge in [0.1, 0.15) is 0 Å². The van der Waals surface area contributed by atoms with Gasteiger partial charge in [-0.15, -0.1) is 0 Å². The van der Waals surface area contributed by atoms with Crippen molar-refractivity contribution in [2.75, 3.05) is 0 Å². The summed E-state index contributed by atoms with van der Waals surface area (Å²) in [5, 5.41) is 17.2. The first-order valence-corrected chi connectivity index (χ1v) is 4.79. The van der Waals surface area contributed by atoms with Gasteiger partial charge in [-0.05, 0) is 18.4 Å². The molecule has 86 valence electrons. The van der Waals surface area contributed by atoms with Crippen LogP contribution in [0.1, 0.15) is 26.7 Å². The summed E-state index contributed by atoms with van der Waals surface area (Å²) in [5.41, 5.74) is 1.20. The molecule has 15 heavy (non-hydrogen) atoms. The molecule has 0 bridgehead atoms. The Labute approximate surface area is 93.9 Å². The fourth-order valence-corrected chi connectivity index (χ4v) is 0.987. The quantitative estimate of drug-likeness (QED) is 0.734. The highest BCUT2D eigenvalue weighted by Crippen LogP contribution is 2.12. The highest BCUT2D eigenvalue weighted by molar-refractivity contribution is 6.25. The number of rotatable bonds is 4. The van der Waals surface area contributed by atoms with Gasteiger partial charge < -0.3 is 10.2 Å². The van der Waals surface area contributed by atoms with Crippen molar-refractivity contribution in [1.82, 2.24) is 0 Å². The van der Waals surface area contributed by atoms with Crippen molar-refractivity contribution in [2.45, 2.75) is 26.7 Å². The number of carboxylic acid groups (broad SMARTS) is 2. The van der Waals surface area contributed by atoms with E-state index in [-0.39, 0.29) is 24.0 Å².